The molecule has 0 saturated carbocycles. The molecule has 4 atom stereocenters. The van der Waals surface area contributed by atoms with Crippen LogP contribution in [0.3, 0.4) is 0 Å². The van der Waals surface area contributed by atoms with Crippen molar-refractivity contribution in [2.45, 2.75) is 86.5 Å². The first-order valence-electron chi connectivity index (χ1n) is 15.0. The van der Waals surface area contributed by atoms with Gasteiger partial charge in [-0.3, -0.25) is 0 Å². The van der Waals surface area contributed by atoms with Crippen LogP contribution in [0.1, 0.15) is 90.3 Å². The Labute approximate surface area is 242 Å². The number of benzene rings is 1. The number of allylic oxidation sites excluding steroid dienone is 9. The molecule has 1 aromatic carbocycles. The minimum atomic E-state index is 0.358. The van der Waals surface area contributed by atoms with Gasteiger partial charge >= 0.3 is 0 Å². The van der Waals surface area contributed by atoms with Crippen LogP contribution in [0, 0.1) is 23.7 Å². The molecule has 0 heterocycles. The second-order valence-electron chi connectivity index (χ2n) is 12.3. The molecule has 0 fully saturated rings. The molecule has 2 aliphatic rings. The average molecular weight is 542 g/mol. The van der Waals surface area contributed by atoms with E-state index in [0.717, 1.165) is 43.7 Å². The minimum Gasteiger partial charge on any atom is -0.366 e. The Balaban J connectivity index is 1.63. The van der Waals surface area contributed by atoms with E-state index in [9.17, 15) is 0 Å². The smallest absolute Gasteiger partial charge is 0.00705 e. The summed E-state index contributed by atoms with van der Waals surface area (Å²) in [6.45, 7) is 26.9. The summed E-state index contributed by atoms with van der Waals surface area (Å²) < 4.78 is 0. The van der Waals surface area contributed by atoms with Gasteiger partial charge in [0.15, 0.2) is 0 Å². The van der Waals surface area contributed by atoms with Gasteiger partial charge in [-0.25, -0.2) is 0 Å². The molecule has 0 aliphatic heterocycles. The number of nitrogens with one attached hydrogen (secondary N) is 1. The van der Waals surface area contributed by atoms with Crippen LogP contribution >= 0.6 is 9.24 Å². The van der Waals surface area contributed by atoms with Crippen molar-refractivity contribution in [3.8, 4) is 0 Å². The maximum atomic E-state index is 4.63. The van der Waals surface area contributed by atoms with Crippen LogP contribution in [0.25, 0.3) is 6.08 Å². The van der Waals surface area contributed by atoms with Crippen molar-refractivity contribution in [2.75, 3.05) is 0 Å². The van der Waals surface area contributed by atoms with Crippen molar-refractivity contribution < 1.29 is 0 Å². The standard InChI is InChI=1S/C37H52NP/c1-10-27(6)38-18-12-11-13-25(4)33-19-26(5)37(36(39)23-33)30(9)28(7)29(8)34-21-32-17-16-31(15-14-24(2)3)20-35(32)22-34/h12,16-18,20-21,23-25,28-29,38H,5-6,9-11,13-15,19,22,39H2,1-4,7-8H3/b18-12+. The third-order valence-electron chi connectivity index (χ3n) is 8.79. The maximum Gasteiger partial charge on any atom is 0.00705 e. The van der Waals surface area contributed by atoms with Crippen LogP contribution in [0.4, 0.5) is 0 Å². The largest absolute Gasteiger partial charge is 0.366 e. The second-order valence-corrected chi connectivity index (χ2v) is 12.9. The lowest BCUT2D eigenvalue weighted by Gasteiger charge is -2.30. The third kappa shape index (κ3) is 8.31. The molecule has 210 valence electrons. The van der Waals surface area contributed by atoms with Crippen molar-refractivity contribution in [1.82, 2.24) is 5.32 Å². The summed E-state index contributed by atoms with van der Waals surface area (Å²) >= 11 is 0. The first-order chi connectivity index (χ1) is 18.5. The SMILES string of the molecule is C=C(CC)N/C=C/CCC(C)C1=CC(P)=C(C(=C)C(C)C(C)C2=Cc3ccc(CCC(C)C)cc3C2)C(=C)C1. The summed E-state index contributed by atoms with van der Waals surface area (Å²) in [5.74, 6) is 2.07. The van der Waals surface area contributed by atoms with E-state index in [0.29, 0.717) is 17.8 Å². The topological polar surface area (TPSA) is 12.0 Å². The van der Waals surface area contributed by atoms with E-state index in [1.165, 1.54) is 62.7 Å². The van der Waals surface area contributed by atoms with Crippen LogP contribution in [-0.4, -0.2) is 0 Å². The van der Waals surface area contributed by atoms with E-state index in [2.05, 4.69) is 112 Å². The number of aryl methyl sites for hydroxylation is 1. The fourth-order valence-electron chi connectivity index (χ4n) is 5.66. The van der Waals surface area contributed by atoms with Gasteiger partial charge in [0.05, 0.1) is 0 Å². The Morgan fingerprint density at radius 3 is 2.44 bits per heavy atom. The fourth-order valence-corrected chi connectivity index (χ4v) is 6.27. The van der Waals surface area contributed by atoms with Crippen molar-refractivity contribution >= 4 is 15.3 Å². The molecule has 1 nitrogen and oxygen atoms in total. The highest BCUT2D eigenvalue weighted by Crippen LogP contribution is 2.43. The summed E-state index contributed by atoms with van der Waals surface area (Å²) in [6.07, 6.45) is 16.6. The second kappa shape index (κ2) is 14.3. The molecule has 0 amide bonds. The number of hydrogen-bond donors (Lipinski definition) is 1. The van der Waals surface area contributed by atoms with E-state index in [1.807, 2.05) is 6.20 Å². The van der Waals surface area contributed by atoms with Gasteiger partial charge in [0, 0.05) is 5.70 Å². The summed E-state index contributed by atoms with van der Waals surface area (Å²) in [7, 11) is 2.99. The molecule has 2 heteroatoms. The van der Waals surface area contributed by atoms with Crippen LogP contribution < -0.4 is 5.32 Å². The Hall–Kier alpha value is -2.37. The Kier molecular flexibility index (Phi) is 11.4. The summed E-state index contributed by atoms with van der Waals surface area (Å²) in [4.78, 5) is 0. The molecule has 4 unspecified atom stereocenters. The van der Waals surface area contributed by atoms with E-state index in [1.54, 1.807) is 0 Å². The van der Waals surface area contributed by atoms with Gasteiger partial charge in [-0.2, -0.15) is 0 Å². The Morgan fingerprint density at radius 2 is 1.77 bits per heavy atom. The molecular weight excluding hydrogens is 489 g/mol. The van der Waals surface area contributed by atoms with Gasteiger partial charge < -0.3 is 5.32 Å². The maximum absolute atomic E-state index is 4.63. The van der Waals surface area contributed by atoms with Crippen molar-refractivity contribution in [2.24, 2.45) is 23.7 Å². The highest BCUT2D eigenvalue weighted by molar-refractivity contribution is 7.23. The quantitative estimate of drug-likeness (QED) is 0.231. The van der Waals surface area contributed by atoms with Crippen LogP contribution in [0.5, 0.6) is 0 Å². The molecule has 3 rings (SSSR count). The van der Waals surface area contributed by atoms with Gasteiger partial charge in [0.1, 0.15) is 0 Å². The monoisotopic (exact) mass is 541 g/mol. The lowest BCUT2D eigenvalue weighted by molar-refractivity contribution is 0.505. The van der Waals surface area contributed by atoms with Crippen molar-refractivity contribution in [3.05, 3.63) is 112 Å². The fraction of sp³-hybridized carbons (Fsp3) is 0.459. The summed E-state index contributed by atoms with van der Waals surface area (Å²) in [6, 6.07) is 7.10. The van der Waals surface area contributed by atoms with Crippen molar-refractivity contribution in [1.29, 1.82) is 0 Å². The summed E-state index contributed by atoms with van der Waals surface area (Å²) in [5.41, 5.74) is 12.1. The molecule has 2 aliphatic carbocycles. The third-order valence-corrected chi connectivity index (χ3v) is 9.25. The number of hydrogen-bond acceptors (Lipinski definition) is 1. The normalized spacial score (nSPS) is 17.7. The van der Waals surface area contributed by atoms with E-state index < -0.39 is 0 Å². The predicted molar refractivity (Wildman–Crippen MR) is 177 cm³/mol. The molecule has 0 spiro atoms. The molecule has 0 aromatic heterocycles. The highest BCUT2D eigenvalue weighted by Gasteiger charge is 2.28. The molecule has 0 bridgehead atoms. The first-order valence-corrected chi connectivity index (χ1v) is 15.6. The van der Waals surface area contributed by atoms with Gasteiger partial charge in [-0.1, -0.05) is 109 Å². The summed E-state index contributed by atoms with van der Waals surface area (Å²) in [5, 5.41) is 4.49. The average Bonchev–Trinajstić information content (AvgIpc) is 3.33. The lowest BCUT2D eigenvalue weighted by Crippen LogP contribution is -2.17. The minimum absolute atomic E-state index is 0.358. The van der Waals surface area contributed by atoms with Gasteiger partial charge in [0.2, 0.25) is 0 Å². The van der Waals surface area contributed by atoms with Crippen molar-refractivity contribution in [3.63, 3.8) is 0 Å². The van der Waals surface area contributed by atoms with Crippen LogP contribution in [-0.2, 0) is 12.8 Å². The van der Waals surface area contributed by atoms with Gasteiger partial charge in [0.25, 0.3) is 0 Å². The van der Waals surface area contributed by atoms with E-state index >= 15 is 0 Å². The molecule has 0 saturated heterocycles. The van der Waals surface area contributed by atoms with Gasteiger partial charge in [-0.05, 0) is 114 Å². The molecule has 39 heavy (non-hydrogen) atoms. The Morgan fingerprint density at radius 1 is 1.03 bits per heavy atom. The first kappa shape index (κ1) is 31.2. The number of rotatable bonds is 14. The zero-order valence-electron chi connectivity index (χ0n) is 25.5. The zero-order chi connectivity index (χ0) is 28.7. The van der Waals surface area contributed by atoms with E-state index in [4.69, 9.17) is 0 Å². The van der Waals surface area contributed by atoms with E-state index in [-0.39, 0.29) is 0 Å². The lowest BCUT2D eigenvalue weighted by atomic mass is 9.76. The molecule has 1 aromatic rings. The van der Waals surface area contributed by atoms with Crippen LogP contribution in [0.15, 0.2) is 95.2 Å². The predicted octanol–water partition coefficient (Wildman–Crippen LogP) is 10.5. The van der Waals surface area contributed by atoms with Crippen LogP contribution in [0.2, 0.25) is 0 Å². The highest BCUT2D eigenvalue weighted by atomic mass is 31.0. The number of fused-ring (bicyclic) bond motifs is 1. The molecular formula is C37H52NP. The molecule has 0 radical (unpaired) electrons. The zero-order valence-corrected chi connectivity index (χ0v) is 26.7. The molecule has 1 N–H and O–H groups in total. The van der Waals surface area contributed by atoms with Gasteiger partial charge in [-0.15, -0.1) is 9.24 Å². The Bertz CT molecular complexity index is 1200.